The summed E-state index contributed by atoms with van der Waals surface area (Å²) in [4.78, 5) is 0. The van der Waals surface area contributed by atoms with Crippen LogP contribution in [-0.4, -0.2) is 17.4 Å². The van der Waals surface area contributed by atoms with E-state index in [0.717, 1.165) is 6.08 Å². The summed E-state index contributed by atoms with van der Waals surface area (Å²) in [7, 11) is 0. The van der Waals surface area contributed by atoms with E-state index in [9.17, 15) is 13.2 Å². The SMILES string of the molecule is CC[C@H](NO)C1=CC=CC(C(F)(F)F)C1. The molecule has 1 aliphatic carbocycles. The summed E-state index contributed by atoms with van der Waals surface area (Å²) in [6.45, 7) is 1.80. The quantitative estimate of drug-likeness (QED) is 0.718. The predicted molar refractivity (Wildman–Crippen MR) is 50.4 cm³/mol. The number of alkyl halides is 3. The summed E-state index contributed by atoms with van der Waals surface area (Å²) >= 11 is 0. The van der Waals surface area contributed by atoms with E-state index in [1.165, 1.54) is 6.08 Å². The lowest BCUT2D eigenvalue weighted by Crippen LogP contribution is -2.31. The van der Waals surface area contributed by atoms with Crippen LogP contribution < -0.4 is 5.48 Å². The molecule has 5 heteroatoms. The first-order valence-corrected chi connectivity index (χ1v) is 4.82. The summed E-state index contributed by atoms with van der Waals surface area (Å²) in [5.41, 5.74) is 2.61. The van der Waals surface area contributed by atoms with E-state index in [1.54, 1.807) is 13.0 Å². The number of hydrogen-bond donors (Lipinski definition) is 2. The second-order valence-corrected chi connectivity index (χ2v) is 3.57. The first kappa shape index (κ1) is 12.3. The number of hydrogen-bond acceptors (Lipinski definition) is 2. The highest BCUT2D eigenvalue weighted by atomic mass is 19.4. The van der Waals surface area contributed by atoms with Gasteiger partial charge in [0.25, 0.3) is 0 Å². The van der Waals surface area contributed by atoms with Crippen molar-refractivity contribution in [2.75, 3.05) is 0 Å². The molecular weight excluding hydrogens is 207 g/mol. The van der Waals surface area contributed by atoms with Crippen LogP contribution in [0, 0.1) is 5.92 Å². The van der Waals surface area contributed by atoms with E-state index in [0.29, 0.717) is 12.0 Å². The molecule has 0 saturated heterocycles. The molecule has 2 atom stereocenters. The van der Waals surface area contributed by atoms with Crippen LogP contribution in [0.15, 0.2) is 23.8 Å². The van der Waals surface area contributed by atoms with E-state index in [1.807, 2.05) is 5.48 Å². The highest BCUT2D eigenvalue weighted by molar-refractivity contribution is 5.24. The Morgan fingerprint density at radius 1 is 1.60 bits per heavy atom. The first-order chi connectivity index (χ1) is 6.99. The fourth-order valence-electron chi connectivity index (χ4n) is 1.62. The van der Waals surface area contributed by atoms with Crippen LogP contribution in [0.2, 0.25) is 0 Å². The van der Waals surface area contributed by atoms with Crippen LogP contribution in [0.4, 0.5) is 13.2 Å². The van der Waals surface area contributed by atoms with Crippen LogP contribution in [0.5, 0.6) is 0 Å². The Morgan fingerprint density at radius 2 is 2.27 bits per heavy atom. The lowest BCUT2D eigenvalue weighted by molar-refractivity contribution is -0.161. The normalized spacial score (nSPS) is 23.8. The molecule has 0 bridgehead atoms. The molecule has 0 radical (unpaired) electrons. The molecule has 0 heterocycles. The van der Waals surface area contributed by atoms with Gasteiger partial charge in [0.1, 0.15) is 0 Å². The van der Waals surface area contributed by atoms with E-state index < -0.39 is 12.1 Å². The zero-order chi connectivity index (χ0) is 11.5. The van der Waals surface area contributed by atoms with Crippen LogP contribution in [-0.2, 0) is 0 Å². The molecule has 1 aliphatic rings. The molecule has 0 aromatic rings. The third-order valence-electron chi connectivity index (χ3n) is 2.54. The van der Waals surface area contributed by atoms with Crippen LogP contribution in [0.1, 0.15) is 19.8 Å². The monoisotopic (exact) mass is 221 g/mol. The number of halogens is 3. The summed E-state index contributed by atoms with van der Waals surface area (Å²) in [6.07, 6.45) is 0.445. The predicted octanol–water partition coefficient (Wildman–Crippen LogP) is 2.81. The highest BCUT2D eigenvalue weighted by Crippen LogP contribution is 2.35. The maximum absolute atomic E-state index is 12.4. The van der Waals surface area contributed by atoms with Crippen LogP contribution >= 0.6 is 0 Å². The van der Waals surface area contributed by atoms with E-state index in [-0.39, 0.29) is 12.5 Å². The van der Waals surface area contributed by atoms with Gasteiger partial charge >= 0.3 is 6.18 Å². The Kier molecular flexibility index (Phi) is 3.93. The topological polar surface area (TPSA) is 32.3 Å². The summed E-state index contributed by atoms with van der Waals surface area (Å²) < 4.78 is 37.3. The van der Waals surface area contributed by atoms with Crippen molar-refractivity contribution < 1.29 is 18.4 Å². The Balaban J connectivity index is 2.72. The van der Waals surface area contributed by atoms with Gasteiger partial charge in [-0.25, -0.2) is 0 Å². The third-order valence-corrected chi connectivity index (χ3v) is 2.54. The molecule has 0 fully saturated rings. The van der Waals surface area contributed by atoms with Gasteiger partial charge < -0.3 is 5.21 Å². The number of hydroxylamine groups is 1. The minimum atomic E-state index is -4.20. The van der Waals surface area contributed by atoms with Crippen molar-refractivity contribution in [2.45, 2.75) is 32.0 Å². The van der Waals surface area contributed by atoms with Crippen molar-refractivity contribution in [1.82, 2.24) is 5.48 Å². The standard InChI is InChI=1S/C10H14F3NO/c1-2-9(14-15)7-4-3-5-8(6-7)10(11,12)13/h3-5,8-9,14-15H,2,6H2,1H3/t8?,9-/m0/s1. The molecule has 2 nitrogen and oxygen atoms in total. The molecule has 0 amide bonds. The van der Waals surface area contributed by atoms with Crippen molar-refractivity contribution in [1.29, 1.82) is 0 Å². The number of allylic oxidation sites excluding steroid dienone is 3. The van der Waals surface area contributed by atoms with Crippen molar-refractivity contribution in [3.63, 3.8) is 0 Å². The summed E-state index contributed by atoms with van der Waals surface area (Å²) in [5, 5.41) is 8.77. The van der Waals surface area contributed by atoms with E-state index in [4.69, 9.17) is 5.21 Å². The molecule has 86 valence electrons. The lowest BCUT2D eigenvalue weighted by atomic mass is 9.89. The Labute approximate surface area is 86.4 Å². The molecule has 0 spiro atoms. The minimum absolute atomic E-state index is 0.0773. The minimum Gasteiger partial charge on any atom is -0.316 e. The summed E-state index contributed by atoms with van der Waals surface area (Å²) in [5.74, 6) is -1.43. The molecule has 0 saturated carbocycles. The fourth-order valence-corrected chi connectivity index (χ4v) is 1.62. The van der Waals surface area contributed by atoms with Crippen LogP contribution in [0.3, 0.4) is 0 Å². The lowest BCUT2D eigenvalue weighted by Gasteiger charge is -2.25. The smallest absolute Gasteiger partial charge is 0.316 e. The van der Waals surface area contributed by atoms with Gasteiger partial charge in [0.2, 0.25) is 0 Å². The Bertz CT molecular complexity index is 266. The van der Waals surface area contributed by atoms with Crippen molar-refractivity contribution in [3.05, 3.63) is 23.8 Å². The zero-order valence-corrected chi connectivity index (χ0v) is 8.38. The van der Waals surface area contributed by atoms with Gasteiger partial charge in [0.05, 0.1) is 12.0 Å². The maximum atomic E-state index is 12.4. The molecule has 0 aliphatic heterocycles. The largest absolute Gasteiger partial charge is 0.395 e. The third kappa shape index (κ3) is 3.07. The Hall–Kier alpha value is -0.810. The fraction of sp³-hybridized carbons (Fsp3) is 0.600. The summed E-state index contributed by atoms with van der Waals surface area (Å²) in [6, 6.07) is -0.389. The number of rotatable bonds is 3. The maximum Gasteiger partial charge on any atom is 0.395 e. The average Bonchev–Trinajstić information content (AvgIpc) is 2.19. The Morgan fingerprint density at radius 3 is 2.73 bits per heavy atom. The number of nitrogens with one attached hydrogen (secondary N) is 1. The molecule has 2 N–H and O–H groups in total. The molecule has 15 heavy (non-hydrogen) atoms. The average molecular weight is 221 g/mol. The van der Waals surface area contributed by atoms with Gasteiger partial charge in [0.15, 0.2) is 0 Å². The van der Waals surface area contributed by atoms with E-state index in [2.05, 4.69) is 0 Å². The second-order valence-electron chi connectivity index (χ2n) is 3.57. The van der Waals surface area contributed by atoms with Gasteiger partial charge in [-0.15, -0.1) is 0 Å². The molecule has 1 rings (SSSR count). The van der Waals surface area contributed by atoms with Crippen LogP contribution in [0.25, 0.3) is 0 Å². The highest BCUT2D eigenvalue weighted by Gasteiger charge is 2.39. The van der Waals surface area contributed by atoms with Gasteiger partial charge in [-0.1, -0.05) is 30.7 Å². The van der Waals surface area contributed by atoms with Crippen molar-refractivity contribution >= 4 is 0 Å². The van der Waals surface area contributed by atoms with Gasteiger partial charge in [-0.05, 0) is 12.8 Å². The molecule has 0 aromatic carbocycles. The van der Waals surface area contributed by atoms with Gasteiger partial charge in [0, 0.05) is 0 Å². The van der Waals surface area contributed by atoms with Crippen molar-refractivity contribution in [2.24, 2.45) is 5.92 Å². The first-order valence-electron chi connectivity index (χ1n) is 4.82. The van der Waals surface area contributed by atoms with E-state index >= 15 is 0 Å². The zero-order valence-electron chi connectivity index (χ0n) is 8.38. The van der Waals surface area contributed by atoms with Gasteiger partial charge in [-0.2, -0.15) is 18.7 Å². The second kappa shape index (κ2) is 4.81. The van der Waals surface area contributed by atoms with Gasteiger partial charge in [-0.3, -0.25) is 0 Å². The molecule has 1 unspecified atom stereocenters. The molecule has 0 aromatic heterocycles. The molecular formula is C10H14F3NO. The van der Waals surface area contributed by atoms with Crippen molar-refractivity contribution in [3.8, 4) is 0 Å².